The van der Waals surface area contributed by atoms with Gasteiger partial charge in [0, 0.05) is 37.0 Å². The van der Waals surface area contributed by atoms with Gasteiger partial charge in [0.25, 0.3) is 0 Å². The number of amides is 3. The molecule has 1 aliphatic rings. The summed E-state index contributed by atoms with van der Waals surface area (Å²) in [6.45, 7) is 1.51. The van der Waals surface area contributed by atoms with Crippen molar-refractivity contribution < 1.29 is 32.3 Å². The Kier molecular flexibility index (Phi) is 5.95. The SMILES string of the molecule is CC(=O)Nc1cccc(N2C[C@H](C(=O)Nc3ccc(OC(F)(F)F)cc3)CC2=O)c1. The highest BCUT2D eigenvalue weighted by atomic mass is 19.4. The molecule has 1 atom stereocenters. The van der Waals surface area contributed by atoms with Gasteiger partial charge in [-0.3, -0.25) is 14.4 Å². The molecule has 0 spiro atoms. The van der Waals surface area contributed by atoms with Crippen molar-refractivity contribution in [3.63, 3.8) is 0 Å². The number of halogens is 3. The zero-order chi connectivity index (χ0) is 21.9. The lowest BCUT2D eigenvalue weighted by molar-refractivity contribution is -0.274. The topological polar surface area (TPSA) is 87.7 Å². The van der Waals surface area contributed by atoms with E-state index < -0.39 is 23.9 Å². The van der Waals surface area contributed by atoms with Crippen LogP contribution in [0.3, 0.4) is 0 Å². The Bertz CT molecular complexity index is 961. The molecule has 1 saturated heterocycles. The Morgan fingerprint density at radius 3 is 2.40 bits per heavy atom. The minimum atomic E-state index is -4.80. The molecule has 158 valence electrons. The molecule has 10 heteroatoms. The summed E-state index contributed by atoms with van der Waals surface area (Å²) in [7, 11) is 0. The maximum atomic E-state index is 12.5. The van der Waals surface area contributed by atoms with E-state index in [-0.39, 0.29) is 30.5 Å². The van der Waals surface area contributed by atoms with Crippen LogP contribution in [-0.2, 0) is 14.4 Å². The number of benzene rings is 2. The molecule has 0 saturated carbocycles. The number of alkyl halides is 3. The summed E-state index contributed by atoms with van der Waals surface area (Å²) in [5, 5.41) is 5.22. The average Bonchev–Trinajstić information content (AvgIpc) is 3.04. The Morgan fingerprint density at radius 2 is 1.77 bits per heavy atom. The fraction of sp³-hybridized carbons (Fsp3) is 0.250. The van der Waals surface area contributed by atoms with Crippen LogP contribution in [0.4, 0.5) is 30.2 Å². The molecule has 1 fully saturated rings. The molecule has 2 aromatic rings. The molecule has 0 bridgehead atoms. The first-order valence-corrected chi connectivity index (χ1v) is 8.95. The number of nitrogens with zero attached hydrogens (tertiary/aromatic N) is 1. The van der Waals surface area contributed by atoms with Crippen molar-refractivity contribution in [1.29, 1.82) is 0 Å². The smallest absolute Gasteiger partial charge is 0.406 e. The Hall–Kier alpha value is -3.56. The van der Waals surface area contributed by atoms with Crippen LogP contribution in [0.15, 0.2) is 48.5 Å². The van der Waals surface area contributed by atoms with Gasteiger partial charge in [0.05, 0.1) is 5.92 Å². The standard InChI is InChI=1S/C20H18F3N3O4/c1-12(27)24-15-3-2-4-16(10-15)26-11-13(9-18(26)28)19(29)25-14-5-7-17(8-6-14)30-20(21,22)23/h2-8,10,13H,9,11H2,1H3,(H,24,27)(H,25,29)/t13-/m1/s1. The number of anilines is 3. The van der Waals surface area contributed by atoms with Crippen LogP contribution in [-0.4, -0.2) is 30.6 Å². The van der Waals surface area contributed by atoms with E-state index in [1.807, 2.05) is 0 Å². The Morgan fingerprint density at radius 1 is 1.07 bits per heavy atom. The van der Waals surface area contributed by atoms with Crippen LogP contribution in [0.25, 0.3) is 0 Å². The Labute approximate surface area is 169 Å². The predicted octanol–water partition coefficient (Wildman–Crippen LogP) is 3.54. The quantitative estimate of drug-likeness (QED) is 0.773. The van der Waals surface area contributed by atoms with Crippen LogP contribution < -0.4 is 20.3 Å². The first-order valence-electron chi connectivity index (χ1n) is 8.95. The van der Waals surface area contributed by atoms with E-state index in [9.17, 15) is 27.6 Å². The normalized spacial score (nSPS) is 16.3. The highest BCUT2D eigenvalue weighted by molar-refractivity contribution is 6.04. The molecule has 3 amide bonds. The largest absolute Gasteiger partial charge is 0.573 e. The number of carbonyl (C=O) groups is 3. The molecule has 2 aromatic carbocycles. The Balaban J connectivity index is 1.63. The van der Waals surface area contributed by atoms with E-state index in [1.165, 1.54) is 24.0 Å². The highest BCUT2D eigenvalue weighted by Crippen LogP contribution is 2.29. The summed E-state index contributed by atoms with van der Waals surface area (Å²) in [6.07, 6.45) is -4.80. The fourth-order valence-corrected chi connectivity index (χ4v) is 3.07. The summed E-state index contributed by atoms with van der Waals surface area (Å²) >= 11 is 0. The molecule has 1 heterocycles. The van der Waals surface area contributed by atoms with Crippen molar-refractivity contribution in [3.05, 3.63) is 48.5 Å². The van der Waals surface area contributed by atoms with E-state index in [1.54, 1.807) is 24.3 Å². The van der Waals surface area contributed by atoms with Crippen LogP contribution >= 0.6 is 0 Å². The summed E-state index contributed by atoms with van der Waals surface area (Å²) < 4.78 is 40.4. The summed E-state index contributed by atoms with van der Waals surface area (Å²) in [5.74, 6) is -1.95. The van der Waals surface area contributed by atoms with E-state index >= 15 is 0 Å². The monoisotopic (exact) mass is 421 g/mol. The van der Waals surface area contributed by atoms with Crippen molar-refractivity contribution in [1.82, 2.24) is 0 Å². The first-order chi connectivity index (χ1) is 14.1. The molecular formula is C20H18F3N3O4. The number of nitrogens with one attached hydrogen (secondary N) is 2. The van der Waals surface area contributed by atoms with Crippen molar-refractivity contribution in [2.75, 3.05) is 22.1 Å². The number of hydrogen-bond acceptors (Lipinski definition) is 4. The second kappa shape index (κ2) is 8.44. The van der Waals surface area contributed by atoms with E-state index in [2.05, 4.69) is 15.4 Å². The third-order valence-corrected chi connectivity index (χ3v) is 4.33. The number of carbonyl (C=O) groups excluding carboxylic acids is 3. The fourth-order valence-electron chi connectivity index (χ4n) is 3.07. The number of rotatable bonds is 5. The molecule has 0 unspecified atom stereocenters. The molecule has 2 N–H and O–H groups in total. The first kappa shape index (κ1) is 21.2. The summed E-state index contributed by atoms with van der Waals surface area (Å²) in [5.41, 5.74) is 1.37. The lowest BCUT2D eigenvalue weighted by atomic mass is 10.1. The van der Waals surface area contributed by atoms with Gasteiger partial charge in [0.15, 0.2) is 0 Å². The van der Waals surface area contributed by atoms with Gasteiger partial charge in [0.1, 0.15) is 5.75 Å². The van der Waals surface area contributed by atoms with Crippen LogP contribution in [0.1, 0.15) is 13.3 Å². The molecule has 0 aromatic heterocycles. The van der Waals surface area contributed by atoms with Crippen molar-refractivity contribution in [3.8, 4) is 5.75 Å². The second-order valence-corrected chi connectivity index (χ2v) is 6.70. The zero-order valence-corrected chi connectivity index (χ0v) is 15.8. The molecule has 30 heavy (non-hydrogen) atoms. The zero-order valence-electron chi connectivity index (χ0n) is 15.8. The minimum absolute atomic E-state index is 0.00847. The predicted molar refractivity (Wildman–Crippen MR) is 103 cm³/mol. The molecule has 3 rings (SSSR count). The van der Waals surface area contributed by atoms with Gasteiger partial charge < -0.3 is 20.3 Å². The molecule has 1 aliphatic heterocycles. The third-order valence-electron chi connectivity index (χ3n) is 4.33. The van der Waals surface area contributed by atoms with Gasteiger partial charge >= 0.3 is 6.36 Å². The molecule has 0 radical (unpaired) electrons. The minimum Gasteiger partial charge on any atom is -0.406 e. The molecular weight excluding hydrogens is 403 g/mol. The van der Waals surface area contributed by atoms with Gasteiger partial charge in [-0.05, 0) is 42.5 Å². The van der Waals surface area contributed by atoms with Crippen molar-refractivity contribution in [2.24, 2.45) is 5.92 Å². The van der Waals surface area contributed by atoms with Crippen LogP contribution in [0, 0.1) is 5.92 Å². The number of ether oxygens (including phenoxy) is 1. The van der Waals surface area contributed by atoms with Crippen LogP contribution in [0.5, 0.6) is 5.75 Å². The van der Waals surface area contributed by atoms with E-state index in [4.69, 9.17) is 0 Å². The summed E-state index contributed by atoms with van der Waals surface area (Å²) in [4.78, 5) is 37.6. The van der Waals surface area contributed by atoms with E-state index in [0.29, 0.717) is 11.4 Å². The lowest BCUT2D eigenvalue weighted by Gasteiger charge is -2.18. The maximum absolute atomic E-state index is 12.5. The highest BCUT2D eigenvalue weighted by Gasteiger charge is 2.35. The molecule has 7 nitrogen and oxygen atoms in total. The van der Waals surface area contributed by atoms with Gasteiger partial charge in [0.2, 0.25) is 17.7 Å². The van der Waals surface area contributed by atoms with Crippen molar-refractivity contribution >= 4 is 34.8 Å². The summed E-state index contributed by atoms with van der Waals surface area (Å²) in [6, 6.07) is 11.4. The average molecular weight is 421 g/mol. The van der Waals surface area contributed by atoms with Gasteiger partial charge in [-0.2, -0.15) is 0 Å². The van der Waals surface area contributed by atoms with Gasteiger partial charge in [-0.15, -0.1) is 13.2 Å². The molecule has 0 aliphatic carbocycles. The van der Waals surface area contributed by atoms with Crippen molar-refractivity contribution in [2.45, 2.75) is 19.7 Å². The van der Waals surface area contributed by atoms with Gasteiger partial charge in [-0.25, -0.2) is 0 Å². The van der Waals surface area contributed by atoms with Gasteiger partial charge in [-0.1, -0.05) is 6.07 Å². The number of hydrogen-bond donors (Lipinski definition) is 2. The maximum Gasteiger partial charge on any atom is 0.573 e. The second-order valence-electron chi connectivity index (χ2n) is 6.70. The van der Waals surface area contributed by atoms with E-state index in [0.717, 1.165) is 12.1 Å². The third kappa shape index (κ3) is 5.49. The lowest BCUT2D eigenvalue weighted by Crippen LogP contribution is -2.28. The van der Waals surface area contributed by atoms with Crippen LogP contribution in [0.2, 0.25) is 0 Å².